The van der Waals surface area contributed by atoms with Crippen molar-refractivity contribution in [2.24, 2.45) is 0 Å². The molecular weight excluding hydrogens is 404 g/mol. The number of rotatable bonds is 5. The van der Waals surface area contributed by atoms with Crippen LogP contribution in [0, 0.1) is 6.92 Å². The summed E-state index contributed by atoms with van der Waals surface area (Å²) < 4.78 is 6.91. The Balaban J connectivity index is 1.37. The van der Waals surface area contributed by atoms with E-state index in [1.807, 2.05) is 55.3 Å². The van der Waals surface area contributed by atoms with Crippen molar-refractivity contribution in [3.63, 3.8) is 0 Å². The fourth-order valence-electron chi connectivity index (χ4n) is 4.31. The second kappa shape index (κ2) is 9.44. The summed E-state index contributed by atoms with van der Waals surface area (Å²) in [6.07, 6.45) is 5.19. The Labute approximate surface area is 188 Å². The number of ether oxygens (including phenoxy) is 1. The van der Waals surface area contributed by atoms with Crippen LogP contribution in [-0.4, -0.2) is 63.8 Å². The van der Waals surface area contributed by atoms with Crippen LogP contribution in [0.5, 0.6) is 11.5 Å². The Morgan fingerprint density at radius 2 is 2.00 bits per heavy atom. The van der Waals surface area contributed by atoms with Gasteiger partial charge in [0.15, 0.2) is 0 Å². The number of aromatic nitrogens is 2. The van der Waals surface area contributed by atoms with Gasteiger partial charge in [0.2, 0.25) is 0 Å². The summed E-state index contributed by atoms with van der Waals surface area (Å²) in [5, 5.41) is 9.66. The van der Waals surface area contributed by atoms with E-state index < -0.39 is 0 Å². The minimum Gasteiger partial charge on any atom is -0.508 e. The van der Waals surface area contributed by atoms with Gasteiger partial charge in [-0.3, -0.25) is 9.47 Å². The van der Waals surface area contributed by atoms with Crippen molar-refractivity contribution in [2.45, 2.75) is 32.4 Å². The number of nitrogens with zero attached hydrogens (tertiary/aromatic N) is 4. The molecule has 3 aromatic rings. The van der Waals surface area contributed by atoms with Gasteiger partial charge < -0.3 is 14.7 Å². The quantitative estimate of drug-likeness (QED) is 0.654. The number of likely N-dealkylation sites (tertiary alicyclic amines) is 1. The third-order valence-electron chi connectivity index (χ3n) is 6.11. The van der Waals surface area contributed by atoms with Crippen LogP contribution >= 0.6 is 0 Å². The van der Waals surface area contributed by atoms with Gasteiger partial charge in [0, 0.05) is 44.5 Å². The molecule has 168 valence electrons. The van der Waals surface area contributed by atoms with E-state index in [2.05, 4.69) is 9.88 Å². The molecule has 2 aromatic carbocycles. The third kappa shape index (κ3) is 4.94. The summed E-state index contributed by atoms with van der Waals surface area (Å²) in [4.78, 5) is 21.7. The molecule has 0 unspecified atom stereocenters. The number of carbonyl (C=O) groups excluding carboxylic acids is 1. The molecule has 1 aromatic heterocycles. The first-order chi connectivity index (χ1) is 15.4. The number of methoxy groups -OCH3 is 1. The minimum atomic E-state index is -0.0743. The molecule has 1 saturated heterocycles. The molecule has 0 radical (unpaired) electrons. The highest BCUT2D eigenvalue weighted by Gasteiger charge is 2.26. The Morgan fingerprint density at radius 3 is 2.72 bits per heavy atom. The third-order valence-corrected chi connectivity index (χ3v) is 6.11. The second-order valence-corrected chi connectivity index (χ2v) is 8.48. The highest BCUT2D eigenvalue weighted by atomic mass is 16.5. The first-order valence-electron chi connectivity index (χ1n) is 10.9. The van der Waals surface area contributed by atoms with Crippen LogP contribution in [0.2, 0.25) is 0 Å². The molecule has 2 heterocycles. The van der Waals surface area contributed by atoms with E-state index in [1.54, 1.807) is 30.3 Å². The molecule has 0 aliphatic carbocycles. The van der Waals surface area contributed by atoms with E-state index in [4.69, 9.17) is 4.74 Å². The summed E-state index contributed by atoms with van der Waals surface area (Å²) in [6.45, 7) is 4.64. The van der Waals surface area contributed by atoms with Crippen LogP contribution in [0.25, 0.3) is 11.3 Å². The molecule has 7 heteroatoms. The number of phenolic OH excluding ortho intramolecular Hbond substituents is 1. The van der Waals surface area contributed by atoms with Crippen LogP contribution in [0.3, 0.4) is 0 Å². The molecule has 1 aliphatic heterocycles. The lowest BCUT2D eigenvalue weighted by molar-refractivity contribution is 0.132. The van der Waals surface area contributed by atoms with Crippen molar-refractivity contribution in [2.75, 3.05) is 27.2 Å². The first-order valence-corrected chi connectivity index (χ1v) is 10.9. The molecule has 32 heavy (non-hydrogen) atoms. The smallest absolute Gasteiger partial charge is 0.329 e. The average Bonchev–Trinajstić information content (AvgIpc) is 3.28. The predicted octanol–water partition coefficient (Wildman–Crippen LogP) is 4.14. The lowest BCUT2D eigenvalue weighted by atomic mass is 10.0. The van der Waals surface area contributed by atoms with Crippen LogP contribution in [0.4, 0.5) is 4.79 Å². The van der Waals surface area contributed by atoms with E-state index in [9.17, 15) is 9.90 Å². The molecule has 4 rings (SSSR count). The number of benzene rings is 2. The zero-order chi connectivity index (χ0) is 22.7. The lowest BCUT2D eigenvalue weighted by Crippen LogP contribution is -2.46. The maximum atomic E-state index is 13.1. The Hall–Kier alpha value is -3.32. The van der Waals surface area contributed by atoms with Gasteiger partial charge in [0.05, 0.1) is 12.8 Å². The highest BCUT2D eigenvalue weighted by Crippen LogP contribution is 2.25. The van der Waals surface area contributed by atoms with Crippen LogP contribution in [0.1, 0.15) is 24.0 Å². The number of hydrogen-bond acceptors (Lipinski definition) is 5. The van der Waals surface area contributed by atoms with Crippen molar-refractivity contribution >= 4 is 6.03 Å². The van der Waals surface area contributed by atoms with Crippen molar-refractivity contribution in [1.82, 2.24) is 19.4 Å². The number of phenols is 1. The minimum absolute atomic E-state index is 0.0743. The monoisotopic (exact) mass is 434 g/mol. The second-order valence-electron chi connectivity index (χ2n) is 8.48. The molecule has 1 aliphatic rings. The van der Waals surface area contributed by atoms with Gasteiger partial charge in [-0.2, -0.15) is 0 Å². The Morgan fingerprint density at radius 1 is 1.22 bits per heavy atom. The van der Waals surface area contributed by atoms with Gasteiger partial charge in [-0.15, -0.1) is 0 Å². The van der Waals surface area contributed by atoms with Crippen LogP contribution < -0.4 is 4.74 Å². The van der Waals surface area contributed by atoms with Gasteiger partial charge in [-0.05, 0) is 61.2 Å². The van der Waals surface area contributed by atoms with Crippen molar-refractivity contribution < 1.29 is 14.6 Å². The van der Waals surface area contributed by atoms with Gasteiger partial charge >= 0.3 is 6.03 Å². The normalized spacial score (nSPS) is 15.0. The number of imidazole rings is 1. The number of amides is 1. The number of aromatic hydroxyl groups is 1. The van der Waals surface area contributed by atoms with Gasteiger partial charge in [-0.1, -0.05) is 12.1 Å². The van der Waals surface area contributed by atoms with E-state index in [0.717, 1.165) is 60.6 Å². The van der Waals surface area contributed by atoms with Crippen molar-refractivity contribution in [1.29, 1.82) is 0 Å². The summed E-state index contributed by atoms with van der Waals surface area (Å²) in [5.74, 6) is 1.07. The summed E-state index contributed by atoms with van der Waals surface area (Å²) >= 11 is 0. The molecule has 1 fully saturated rings. The first kappa shape index (κ1) is 21.9. The fourth-order valence-corrected chi connectivity index (χ4v) is 4.31. The summed E-state index contributed by atoms with van der Waals surface area (Å²) in [7, 11) is 3.51. The van der Waals surface area contributed by atoms with E-state index in [1.165, 1.54) is 0 Å². The van der Waals surface area contributed by atoms with E-state index >= 15 is 0 Å². The van der Waals surface area contributed by atoms with Crippen LogP contribution in [-0.2, 0) is 6.54 Å². The maximum absolute atomic E-state index is 13.1. The molecule has 1 amide bonds. The predicted molar refractivity (Wildman–Crippen MR) is 124 cm³/mol. The standard InChI is InChI=1S/C25H30N4O3/c1-18-11-20(14-23(12-18)32-3)24-16-29(17-26-24)25(31)27(2)21-7-9-28(10-8-21)15-19-5-4-6-22(30)13-19/h4-6,11-14,16-17,21,30H,7-10,15H2,1-3H3. The van der Waals surface area contributed by atoms with Crippen molar-refractivity contribution in [3.8, 4) is 22.8 Å². The molecule has 1 N–H and O–H groups in total. The molecular formula is C25H30N4O3. The molecule has 0 spiro atoms. The van der Waals surface area contributed by atoms with E-state index in [-0.39, 0.29) is 12.1 Å². The summed E-state index contributed by atoms with van der Waals surface area (Å²) in [5.41, 5.74) is 3.85. The lowest BCUT2D eigenvalue weighted by Gasteiger charge is -2.36. The largest absolute Gasteiger partial charge is 0.508 e. The van der Waals surface area contributed by atoms with Gasteiger partial charge in [0.25, 0.3) is 0 Å². The van der Waals surface area contributed by atoms with Crippen LogP contribution in [0.15, 0.2) is 55.0 Å². The highest BCUT2D eigenvalue weighted by molar-refractivity contribution is 5.78. The number of hydrogen-bond donors (Lipinski definition) is 1. The number of carbonyl (C=O) groups is 1. The number of aryl methyl sites for hydroxylation is 1. The molecule has 0 bridgehead atoms. The SMILES string of the molecule is COc1cc(C)cc(-c2cn(C(=O)N(C)C3CCN(Cc4cccc(O)c4)CC3)cn2)c1. The Bertz CT molecular complexity index is 1090. The molecule has 0 saturated carbocycles. The zero-order valence-corrected chi connectivity index (χ0v) is 18.9. The van der Waals surface area contributed by atoms with E-state index in [0.29, 0.717) is 5.75 Å². The summed E-state index contributed by atoms with van der Waals surface area (Å²) in [6, 6.07) is 13.4. The zero-order valence-electron chi connectivity index (χ0n) is 18.9. The average molecular weight is 435 g/mol. The van der Waals surface area contributed by atoms with Gasteiger partial charge in [0.1, 0.15) is 17.8 Å². The topological polar surface area (TPSA) is 70.8 Å². The molecule has 0 atom stereocenters. The van der Waals surface area contributed by atoms with Gasteiger partial charge in [-0.25, -0.2) is 9.78 Å². The molecule has 7 nitrogen and oxygen atoms in total. The maximum Gasteiger partial charge on any atom is 0.329 e. The van der Waals surface area contributed by atoms with Crippen molar-refractivity contribution in [3.05, 3.63) is 66.1 Å². The fraction of sp³-hybridized carbons (Fsp3) is 0.360. The number of piperidine rings is 1. The Kier molecular flexibility index (Phi) is 6.46.